The van der Waals surface area contributed by atoms with Crippen molar-refractivity contribution in [3.8, 4) is 0 Å². The first kappa shape index (κ1) is 17.0. The van der Waals surface area contributed by atoms with Gasteiger partial charge in [0.05, 0.1) is 24.6 Å². The molecule has 2 aromatic heterocycles. The minimum absolute atomic E-state index is 0.0226. The summed E-state index contributed by atoms with van der Waals surface area (Å²) >= 11 is 0. The third kappa shape index (κ3) is 4.06. The second-order valence-electron chi connectivity index (χ2n) is 6.66. The Labute approximate surface area is 157 Å². The van der Waals surface area contributed by atoms with Gasteiger partial charge in [-0.1, -0.05) is 23.8 Å². The molecule has 136 valence electrons. The van der Waals surface area contributed by atoms with Crippen LogP contribution in [-0.2, 0) is 17.9 Å². The first-order chi connectivity index (χ1) is 13.2. The zero-order valence-electron chi connectivity index (χ0n) is 15.2. The van der Waals surface area contributed by atoms with E-state index in [4.69, 9.17) is 0 Å². The maximum absolute atomic E-state index is 12.4. The number of hydrogen-bond donors (Lipinski definition) is 1. The number of hydrogen-bond acceptors (Lipinski definition) is 3. The molecule has 2 heterocycles. The minimum Gasteiger partial charge on any atom is -0.333 e. The molecular formula is C21H21N5O. The minimum atomic E-state index is -0.0226. The number of rotatable bonds is 6. The zero-order valence-corrected chi connectivity index (χ0v) is 15.2. The third-order valence-electron chi connectivity index (χ3n) is 4.48. The Morgan fingerprint density at radius 2 is 2.11 bits per heavy atom. The number of amides is 1. The molecule has 4 aromatic rings. The van der Waals surface area contributed by atoms with Gasteiger partial charge in [-0.2, -0.15) is 5.10 Å². The Kier molecular flexibility index (Phi) is 4.70. The molecule has 0 saturated heterocycles. The first-order valence-electron chi connectivity index (χ1n) is 8.94. The van der Waals surface area contributed by atoms with Crippen LogP contribution in [0.25, 0.3) is 10.9 Å². The van der Waals surface area contributed by atoms with Crippen LogP contribution in [0.15, 0.2) is 67.4 Å². The Hall–Kier alpha value is -3.41. The number of aryl methyl sites for hydroxylation is 2. The summed E-state index contributed by atoms with van der Waals surface area (Å²) < 4.78 is 3.87. The molecule has 0 unspecified atom stereocenters. The molecule has 1 N–H and O–H groups in total. The summed E-state index contributed by atoms with van der Waals surface area (Å²) in [5, 5.41) is 8.48. The topological polar surface area (TPSA) is 64.7 Å². The number of anilines is 1. The van der Waals surface area contributed by atoms with Crippen LogP contribution in [0.5, 0.6) is 0 Å². The Morgan fingerprint density at radius 3 is 2.96 bits per heavy atom. The summed E-state index contributed by atoms with van der Waals surface area (Å²) in [5.41, 5.74) is 4.17. The molecule has 0 bridgehead atoms. The Morgan fingerprint density at radius 1 is 1.19 bits per heavy atom. The maximum atomic E-state index is 12.4. The third-order valence-corrected chi connectivity index (χ3v) is 4.48. The highest BCUT2D eigenvalue weighted by molar-refractivity contribution is 5.90. The zero-order chi connectivity index (χ0) is 18.6. The van der Waals surface area contributed by atoms with Crippen molar-refractivity contribution < 1.29 is 4.79 Å². The largest absolute Gasteiger partial charge is 0.333 e. The van der Waals surface area contributed by atoms with E-state index >= 15 is 0 Å². The van der Waals surface area contributed by atoms with Gasteiger partial charge < -0.3 is 9.88 Å². The van der Waals surface area contributed by atoms with Gasteiger partial charge in [0.2, 0.25) is 5.91 Å². The monoisotopic (exact) mass is 359 g/mol. The van der Waals surface area contributed by atoms with Crippen LogP contribution in [0.4, 0.5) is 5.69 Å². The molecule has 6 nitrogen and oxygen atoms in total. The summed E-state index contributed by atoms with van der Waals surface area (Å²) in [7, 11) is 0. The van der Waals surface area contributed by atoms with E-state index in [1.807, 2.05) is 45.9 Å². The molecule has 0 fully saturated rings. The molecule has 6 heteroatoms. The fourth-order valence-corrected chi connectivity index (χ4v) is 3.15. The number of carbonyl (C=O) groups is 1. The van der Waals surface area contributed by atoms with Gasteiger partial charge in [0.15, 0.2) is 0 Å². The highest BCUT2D eigenvalue weighted by Gasteiger charge is 2.07. The molecule has 2 aromatic carbocycles. The van der Waals surface area contributed by atoms with E-state index in [0.717, 1.165) is 28.7 Å². The number of benzene rings is 2. The number of nitrogens with one attached hydrogen (secondary N) is 1. The van der Waals surface area contributed by atoms with Crippen LogP contribution in [-0.4, -0.2) is 25.2 Å². The lowest BCUT2D eigenvalue weighted by molar-refractivity contribution is -0.116. The molecule has 0 aliphatic rings. The number of fused-ring (bicyclic) bond motifs is 1. The van der Waals surface area contributed by atoms with Crippen molar-refractivity contribution in [1.82, 2.24) is 19.3 Å². The average molecular weight is 359 g/mol. The fraction of sp³-hybridized carbons (Fsp3) is 0.190. The first-order valence-corrected chi connectivity index (χ1v) is 8.94. The van der Waals surface area contributed by atoms with Crippen molar-refractivity contribution in [2.45, 2.75) is 26.4 Å². The summed E-state index contributed by atoms with van der Waals surface area (Å²) in [5.74, 6) is -0.0226. The smallest absolute Gasteiger partial charge is 0.226 e. The molecule has 0 saturated carbocycles. The number of carbonyl (C=O) groups excluding carboxylic acids is 1. The second kappa shape index (κ2) is 7.45. The number of imidazole rings is 1. The van der Waals surface area contributed by atoms with Gasteiger partial charge in [0, 0.05) is 36.4 Å². The number of nitrogens with zero attached hydrogens (tertiary/aromatic N) is 4. The van der Waals surface area contributed by atoms with Crippen LogP contribution in [0.1, 0.15) is 17.5 Å². The molecule has 1 amide bonds. The SMILES string of the molecule is Cc1ccc2c(cnn2CCC(=O)Nc2cccc(Cn3ccnc3)c2)c1. The average Bonchev–Trinajstić information content (AvgIpc) is 3.29. The predicted molar refractivity (Wildman–Crippen MR) is 105 cm³/mol. The van der Waals surface area contributed by atoms with E-state index < -0.39 is 0 Å². The van der Waals surface area contributed by atoms with Crippen molar-refractivity contribution in [3.05, 3.63) is 78.5 Å². The van der Waals surface area contributed by atoms with Gasteiger partial charge in [0.1, 0.15) is 0 Å². The van der Waals surface area contributed by atoms with Crippen molar-refractivity contribution in [3.63, 3.8) is 0 Å². The van der Waals surface area contributed by atoms with Crippen molar-refractivity contribution in [2.75, 3.05) is 5.32 Å². The quantitative estimate of drug-likeness (QED) is 0.572. The van der Waals surface area contributed by atoms with E-state index in [0.29, 0.717) is 13.0 Å². The molecule has 27 heavy (non-hydrogen) atoms. The van der Waals surface area contributed by atoms with E-state index in [-0.39, 0.29) is 5.91 Å². The summed E-state index contributed by atoms with van der Waals surface area (Å²) in [6.45, 7) is 3.33. The Balaban J connectivity index is 1.37. The number of aromatic nitrogens is 4. The van der Waals surface area contributed by atoms with Crippen LogP contribution in [0.2, 0.25) is 0 Å². The molecule has 0 atom stereocenters. The van der Waals surface area contributed by atoms with Crippen LogP contribution >= 0.6 is 0 Å². The van der Waals surface area contributed by atoms with E-state index in [1.165, 1.54) is 5.56 Å². The van der Waals surface area contributed by atoms with Crippen molar-refractivity contribution in [2.24, 2.45) is 0 Å². The van der Waals surface area contributed by atoms with Gasteiger partial charge in [-0.25, -0.2) is 4.98 Å². The molecule has 0 spiro atoms. The fourth-order valence-electron chi connectivity index (χ4n) is 3.15. The van der Waals surface area contributed by atoms with Gasteiger partial charge >= 0.3 is 0 Å². The molecule has 4 rings (SSSR count). The lowest BCUT2D eigenvalue weighted by Gasteiger charge is -2.09. The maximum Gasteiger partial charge on any atom is 0.226 e. The molecule has 0 aliphatic heterocycles. The van der Waals surface area contributed by atoms with Gasteiger partial charge in [-0.15, -0.1) is 0 Å². The molecular weight excluding hydrogens is 338 g/mol. The highest BCUT2D eigenvalue weighted by atomic mass is 16.1. The Bertz CT molecular complexity index is 1070. The van der Waals surface area contributed by atoms with Gasteiger partial charge in [-0.05, 0) is 36.8 Å². The van der Waals surface area contributed by atoms with Crippen LogP contribution in [0, 0.1) is 6.92 Å². The lowest BCUT2D eigenvalue weighted by Crippen LogP contribution is -2.15. The highest BCUT2D eigenvalue weighted by Crippen LogP contribution is 2.16. The van der Waals surface area contributed by atoms with Gasteiger partial charge in [0.25, 0.3) is 0 Å². The second-order valence-corrected chi connectivity index (χ2v) is 6.66. The van der Waals surface area contributed by atoms with Gasteiger partial charge in [-0.3, -0.25) is 9.48 Å². The standard InChI is InChI=1S/C21H21N5O/c1-16-5-6-20-18(11-16)13-23-26(20)9-7-21(27)24-19-4-2-3-17(12-19)14-25-10-8-22-15-25/h2-6,8,10-13,15H,7,9,14H2,1H3,(H,24,27). The van der Waals surface area contributed by atoms with E-state index in [1.54, 1.807) is 12.5 Å². The van der Waals surface area contributed by atoms with Crippen LogP contribution in [0.3, 0.4) is 0 Å². The van der Waals surface area contributed by atoms with Crippen molar-refractivity contribution in [1.29, 1.82) is 0 Å². The molecule has 0 radical (unpaired) electrons. The normalized spacial score (nSPS) is 11.0. The van der Waals surface area contributed by atoms with E-state index in [9.17, 15) is 4.79 Å². The summed E-state index contributed by atoms with van der Waals surface area (Å²) in [6.07, 6.45) is 7.67. The van der Waals surface area contributed by atoms with E-state index in [2.05, 4.69) is 40.5 Å². The van der Waals surface area contributed by atoms with Crippen molar-refractivity contribution >= 4 is 22.5 Å². The lowest BCUT2D eigenvalue weighted by atomic mass is 10.2. The summed E-state index contributed by atoms with van der Waals surface area (Å²) in [4.78, 5) is 16.4. The predicted octanol–water partition coefficient (Wildman–Crippen LogP) is 3.62. The van der Waals surface area contributed by atoms with Crippen LogP contribution < -0.4 is 5.32 Å². The summed E-state index contributed by atoms with van der Waals surface area (Å²) in [6, 6.07) is 14.1. The molecule has 0 aliphatic carbocycles.